The molecule has 3 heterocycles. The average Bonchev–Trinajstić information content (AvgIpc) is 3.21. The summed E-state index contributed by atoms with van der Waals surface area (Å²) in [4.78, 5) is 0. The molecule has 27 heavy (non-hydrogen) atoms. The molecule has 0 saturated carbocycles. The summed E-state index contributed by atoms with van der Waals surface area (Å²) in [5, 5.41) is 26.1. The van der Waals surface area contributed by atoms with Crippen molar-refractivity contribution >= 4 is 5.82 Å². The second kappa shape index (κ2) is 8.64. The first kappa shape index (κ1) is 18.8. The Morgan fingerprint density at radius 2 is 1.85 bits per heavy atom. The molecule has 4 rings (SSSR count). The highest BCUT2D eigenvalue weighted by atomic mass is 16.3. The van der Waals surface area contributed by atoms with Crippen LogP contribution in [0, 0.1) is 0 Å². The molecule has 1 aromatic carbocycles. The first-order valence-corrected chi connectivity index (χ1v) is 9.39. The molecule has 0 radical (unpaired) electrons. The summed E-state index contributed by atoms with van der Waals surface area (Å²) in [6, 6.07) is 9.31. The Morgan fingerprint density at radius 3 is 2.59 bits per heavy atom. The topological polar surface area (TPSA) is 102 Å². The predicted molar refractivity (Wildman–Crippen MR) is 107 cm³/mol. The molecule has 7 nitrogen and oxygen atoms in total. The van der Waals surface area contributed by atoms with Crippen molar-refractivity contribution in [3.8, 4) is 28.1 Å². The maximum Gasteiger partial charge on any atom is 0.154 e. The summed E-state index contributed by atoms with van der Waals surface area (Å²) in [6.45, 7) is 6.02. The molecule has 0 unspecified atom stereocenters. The second-order valence-electron chi connectivity index (χ2n) is 6.24. The lowest BCUT2D eigenvalue weighted by Gasteiger charge is -2.22. The summed E-state index contributed by atoms with van der Waals surface area (Å²) in [6.07, 6.45) is 5.95. The van der Waals surface area contributed by atoms with Crippen molar-refractivity contribution in [3.63, 3.8) is 0 Å². The van der Waals surface area contributed by atoms with Crippen LogP contribution in [0.25, 0.3) is 22.4 Å². The Kier molecular flexibility index (Phi) is 6.03. The quantitative estimate of drug-likeness (QED) is 0.658. The third-order valence-electron chi connectivity index (χ3n) is 4.60. The Morgan fingerprint density at radius 1 is 1.11 bits per heavy atom. The van der Waals surface area contributed by atoms with Crippen molar-refractivity contribution in [2.45, 2.75) is 32.7 Å². The Balaban J connectivity index is 0.00000102. The zero-order valence-electron chi connectivity index (χ0n) is 15.8. The van der Waals surface area contributed by atoms with E-state index in [-0.39, 0.29) is 5.75 Å². The van der Waals surface area contributed by atoms with Gasteiger partial charge in [0.2, 0.25) is 0 Å². The molecule has 0 amide bonds. The number of benzene rings is 1. The fraction of sp³-hybridized carbons (Fsp3) is 0.350. The van der Waals surface area contributed by atoms with E-state index in [1.54, 1.807) is 18.2 Å². The van der Waals surface area contributed by atoms with Crippen molar-refractivity contribution < 1.29 is 5.11 Å². The third kappa shape index (κ3) is 4.09. The fourth-order valence-electron chi connectivity index (χ4n) is 3.20. The van der Waals surface area contributed by atoms with Crippen LogP contribution in [0.4, 0.5) is 5.82 Å². The summed E-state index contributed by atoms with van der Waals surface area (Å²) in [7, 11) is 0. The lowest BCUT2D eigenvalue weighted by atomic mass is 10.1. The molecule has 2 aromatic heterocycles. The van der Waals surface area contributed by atoms with Gasteiger partial charge in [-0.05, 0) is 44.1 Å². The van der Waals surface area contributed by atoms with Gasteiger partial charge in [0, 0.05) is 22.9 Å². The SMILES string of the molecule is CC.Nc1nnc(-c2ccccc2O)cc1-c1cnn(C2CCNCC2)c1. The van der Waals surface area contributed by atoms with Crippen molar-refractivity contribution in [2.24, 2.45) is 0 Å². The molecule has 0 aliphatic carbocycles. The van der Waals surface area contributed by atoms with Crippen LogP contribution in [0.3, 0.4) is 0 Å². The first-order valence-electron chi connectivity index (χ1n) is 9.39. The smallest absolute Gasteiger partial charge is 0.154 e. The standard InChI is InChI=1S/C18H20N6O.C2H6/c19-18-15(9-16(22-23-18)14-3-1-2-4-17(14)25)12-10-21-24(11-12)13-5-7-20-8-6-13;1-2/h1-4,9-11,13,20,25H,5-8H2,(H2,19,23);1-2H3. The number of nitrogens with one attached hydrogen (secondary N) is 1. The minimum atomic E-state index is 0.165. The van der Waals surface area contributed by atoms with E-state index >= 15 is 0 Å². The van der Waals surface area contributed by atoms with Gasteiger partial charge in [0.25, 0.3) is 0 Å². The number of nitrogen functional groups attached to an aromatic ring is 1. The molecule has 0 atom stereocenters. The van der Waals surface area contributed by atoms with Crippen LogP contribution >= 0.6 is 0 Å². The first-order chi connectivity index (χ1) is 13.2. The van der Waals surface area contributed by atoms with Crippen LogP contribution in [0.1, 0.15) is 32.7 Å². The monoisotopic (exact) mass is 366 g/mol. The number of aromatic nitrogens is 4. The van der Waals surface area contributed by atoms with Gasteiger partial charge < -0.3 is 16.2 Å². The number of phenols is 1. The van der Waals surface area contributed by atoms with E-state index in [1.165, 1.54) is 0 Å². The highest BCUT2D eigenvalue weighted by Crippen LogP contribution is 2.32. The Bertz CT molecular complexity index is 886. The number of rotatable bonds is 3. The summed E-state index contributed by atoms with van der Waals surface area (Å²) >= 11 is 0. The zero-order chi connectivity index (χ0) is 19.2. The number of hydrogen-bond donors (Lipinski definition) is 3. The summed E-state index contributed by atoms with van der Waals surface area (Å²) in [5.41, 5.74) is 8.93. The zero-order valence-corrected chi connectivity index (χ0v) is 15.8. The van der Waals surface area contributed by atoms with Crippen molar-refractivity contribution in [1.82, 2.24) is 25.3 Å². The molecule has 3 aromatic rings. The van der Waals surface area contributed by atoms with Crippen LogP contribution < -0.4 is 11.1 Å². The number of nitrogens with two attached hydrogens (primary N) is 1. The van der Waals surface area contributed by atoms with Gasteiger partial charge in [0.05, 0.1) is 17.9 Å². The van der Waals surface area contributed by atoms with Gasteiger partial charge in [-0.15, -0.1) is 10.2 Å². The number of nitrogens with zero attached hydrogens (tertiary/aromatic N) is 4. The second-order valence-corrected chi connectivity index (χ2v) is 6.24. The number of aromatic hydroxyl groups is 1. The van der Waals surface area contributed by atoms with Crippen LogP contribution in [-0.4, -0.2) is 38.2 Å². The Labute approximate surface area is 159 Å². The van der Waals surface area contributed by atoms with E-state index in [0.29, 0.717) is 23.1 Å². The highest BCUT2D eigenvalue weighted by molar-refractivity contribution is 5.78. The molecule has 1 aliphatic heterocycles. The normalized spacial score (nSPS) is 14.4. The molecular formula is C20H26N6O. The number of hydrogen-bond acceptors (Lipinski definition) is 6. The molecule has 0 bridgehead atoms. The summed E-state index contributed by atoms with van der Waals surface area (Å²) in [5.74, 6) is 0.516. The molecule has 4 N–H and O–H groups in total. The number of para-hydroxylation sites is 1. The third-order valence-corrected chi connectivity index (χ3v) is 4.60. The molecule has 1 aliphatic rings. The van der Waals surface area contributed by atoms with Gasteiger partial charge in [0.15, 0.2) is 5.82 Å². The minimum Gasteiger partial charge on any atom is -0.507 e. The maximum atomic E-state index is 10.0. The van der Waals surface area contributed by atoms with Crippen molar-refractivity contribution in [2.75, 3.05) is 18.8 Å². The molecule has 142 valence electrons. The number of piperidine rings is 1. The lowest BCUT2D eigenvalue weighted by Crippen LogP contribution is -2.29. The van der Waals surface area contributed by atoms with Gasteiger partial charge in [-0.2, -0.15) is 5.10 Å². The van der Waals surface area contributed by atoms with Gasteiger partial charge in [0.1, 0.15) is 5.75 Å². The van der Waals surface area contributed by atoms with Crippen LogP contribution in [0.15, 0.2) is 42.7 Å². The molecule has 7 heteroatoms. The van der Waals surface area contributed by atoms with Gasteiger partial charge in [-0.1, -0.05) is 26.0 Å². The Hall–Kier alpha value is -2.93. The van der Waals surface area contributed by atoms with E-state index in [0.717, 1.165) is 37.1 Å². The van der Waals surface area contributed by atoms with Gasteiger partial charge in [-0.25, -0.2) is 0 Å². The highest BCUT2D eigenvalue weighted by Gasteiger charge is 2.17. The van der Waals surface area contributed by atoms with Gasteiger partial charge >= 0.3 is 0 Å². The fourth-order valence-corrected chi connectivity index (χ4v) is 3.20. The van der Waals surface area contributed by atoms with E-state index in [1.807, 2.05) is 43.1 Å². The van der Waals surface area contributed by atoms with Crippen LogP contribution in [0.2, 0.25) is 0 Å². The minimum absolute atomic E-state index is 0.165. The molecule has 1 fully saturated rings. The van der Waals surface area contributed by atoms with Crippen molar-refractivity contribution in [1.29, 1.82) is 0 Å². The van der Waals surface area contributed by atoms with Crippen LogP contribution in [0.5, 0.6) is 5.75 Å². The molecule has 1 saturated heterocycles. The molecular weight excluding hydrogens is 340 g/mol. The lowest BCUT2D eigenvalue weighted by molar-refractivity contribution is 0.343. The van der Waals surface area contributed by atoms with Crippen LogP contribution in [-0.2, 0) is 0 Å². The van der Waals surface area contributed by atoms with E-state index in [4.69, 9.17) is 5.73 Å². The maximum absolute atomic E-state index is 10.0. The van der Waals surface area contributed by atoms with E-state index in [2.05, 4.69) is 20.6 Å². The van der Waals surface area contributed by atoms with E-state index < -0.39 is 0 Å². The van der Waals surface area contributed by atoms with Gasteiger partial charge in [-0.3, -0.25) is 4.68 Å². The van der Waals surface area contributed by atoms with Crippen molar-refractivity contribution in [3.05, 3.63) is 42.7 Å². The predicted octanol–water partition coefficient (Wildman–Crippen LogP) is 3.25. The average molecular weight is 366 g/mol. The van der Waals surface area contributed by atoms with E-state index in [9.17, 15) is 5.11 Å². The number of phenolic OH excluding ortho intramolecular Hbond substituents is 1. The number of anilines is 1. The molecule has 0 spiro atoms. The summed E-state index contributed by atoms with van der Waals surface area (Å²) < 4.78 is 2.01. The largest absolute Gasteiger partial charge is 0.507 e.